The van der Waals surface area contributed by atoms with E-state index >= 15 is 0 Å². The third kappa shape index (κ3) is 39.0. The minimum atomic E-state index is -0.805. The van der Waals surface area contributed by atoms with Gasteiger partial charge in [-0.15, -0.1) is 0 Å². The standard InChI is InChI=1S/C49H93NO5/c1-4-7-10-13-16-19-22-23-24-27-29-32-35-38-41-47(52)46(44-51)50-48(53)43-45(40-37-34-31-28-25-20-17-14-11-8-5-2)55-49(54)42-39-36-33-30-26-21-18-15-12-9-6-3/h28,31,37,40,45-47,51-52H,4-27,29-30,32-36,38-39,41-44H2,1-3H3,(H,50,53)/b31-28-,40-37+. The molecule has 0 spiro atoms. The molecule has 6 nitrogen and oxygen atoms in total. The van der Waals surface area contributed by atoms with Crippen molar-refractivity contribution in [1.29, 1.82) is 0 Å². The van der Waals surface area contributed by atoms with Gasteiger partial charge in [0.05, 0.1) is 25.2 Å². The molecule has 0 radical (unpaired) electrons. The molecule has 3 unspecified atom stereocenters. The highest BCUT2D eigenvalue weighted by molar-refractivity contribution is 5.78. The summed E-state index contributed by atoms with van der Waals surface area (Å²) in [5.41, 5.74) is 0. The van der Waals surface area contributed by atoms with Gasteiger partial charge in [-0.25, -0.2) is 0 Å². The van der Waals surface area contributed by atoms with Gasteiger partial charge in [0, 0.05) is 6.42 Å². The maximum atomic E-state index is 13.1. The highest BCUT2D eigenvalue weighted by Gasteiger charge is 2.23. The largest absolute Gasteiger partial charge is 0.458 e. The van der Waals surface area contributed by atoms with E-state index in [1.54, 1.807) is 0 Å². The Kier molecular flexibility index (Phi) is 42.2. The molecule has 0 saturated carbocycles. The number of rotatable bonds is 43. The minimum absolute atomic E-state index is 0.0238. The van der Waals surface area contributed by atoms with Crippen LogP contribution >= 0.6 is 0 Å². The van der Waals surface area contributed by atoms with Crippen molar-refractivity contribution in [2.24, 2.45) is 0 Å². The van der Waals surface area contributed by atoms with Crippen molar-refractivity contribution in [3.8, 4) is 0 Å². The molecular weight excluding hydrogens is 683 g/mol. The van der Waals surface area contributed by atoms with Crippen LogP contribution in [0.2, 0.25) is 0 Å². The number of aliphatic hydroxyl groups excluding tert-OH is 2. The molecule has 55 heavy (non-hydrogen) atoms. The van der Waals surface area contributed by atoms with Crippen LogP contribution in [0.25, 0.3) is 0 Å². The average molecular weight is 776 g/mol. The summed E-state index contributed by atoms with van der Waals surface area (Å²) in [7, 11) is 0. The molecular formula is C49H93NO5. The topological polar surface area (TPSA) is 95.9 Å². The van der Waals surface area contributed by atoms with Gasteiger partial charge >= 0.3 is 5.97 Å². The molecule has 0 aliphatic carbocycles. The summed E-state index contributed by atoms with van der Waals surface area (Å²) >= 11 is 0. The van der Waals surface area contributed by atoms with Crippen molar-refractivity contribution < 1.29 is 24.5 Å². The number of ether oxygens (including phenoxy) is 1. The normalized spacial score (nSPS) is 13.5. The van der Waals surface area contributed by atoms with Crippen molar-refractivity contribution in [2.45, 2.75) is 270 Å². The van der Waals surface area contributed by atoms with Gasteiger partial charge in [-0.1, -0.05) is 225 Å². The van der Waals surface area contributed by atoms with Crippen LogP contribution in [0, 0.1) is 0 Å². The zero-order valence-corrected chi connectivity index (χ0v) is 36.8. The first-order valence-electron chi connectivity index (χ1n) is 24.1. The quantitative estimate of drug-likeness (QED) is 0.0326. The number of esters is 1. The molecule has 1 amide bonds. The third-order valence-electron chi connectivity index (χ3n) is 11.0. The summed E-state index contributed by atoms with van der Waals surface area (Å²) in [5, 5.41) is 23.6. The van der Waals surface area contributed by atoms with Gasteiger partial charge in [-0.3, -0.25) is 9.59 Å². The lowest BCUT2D eigenvalue weighted by Gasteiger charge is -2.23. The molecule has 0 bridgehead atoms. The van der Waals surface area contributed by atoms with Crippen LogP contribution in [-0.2, 0) is 14.3 Å². The van der Waals surface area contributed by atoms with Gasteiger partial charge in [0.15, 0.2) is 0 Å². The zero-order valence-electron chi connectivity index (χ0n) is 36.8. The summed E-state index contributed by atoms with van der Waals surface area (Å²) in [4.78, 5) is 25.9. The van der Waals surface area contributed by atoms with Crippen LogP contribution in [-0.4, -0.2) is 46.9 Å². The van der Waals surface area contributed by atoms with Gasteiger partial charge in [0.1, 0.15) is 6.10 Å². The molecule has 0 rings (SSSR count). The molecule has 0 saturated heterocycles. The SMILES string of the molecule is CCCCCCCC/C=C\C/C=C/C(CC(=O)NC(CO)C(O)CCCCCCCCCCCCCCCC)OC(=O)CCCCCCCCCCCCC. The predicted octanol–water partition coefficient (Wildman–Crippen LogP) is 14.0. The van der Waals surface area contributed by atoms with Crippen LogP contribution in [0.5, 0.6) is 0 Å². The molecule has 0 aromatic rings. The van der Waals surface area contributed by atoms with Crippen molar-refractivity contribution in [3.05, 3.63) is 24.3 Å². The molecule has 3 atom stereocenters. The first-order valence-corrected chi connectivity index (χ1v) is 24.1. The van der Waals surface area contributed by atoms with E-state index in [4.69, 9.17) is 4.74 Å². The zero-order chi connectivity index (χ0) is 40.3. The lowest BCUT2D eigenvalue weighted by atomic mass is 10.0. The van der Waals surface area contributed by atoms with Crippen LogP contribution in [0.4, 0.5) is 0 Å². The number of hydrogen-bond acceptors (Lipinski definition) is 5. The van der Waals surface area contributed by atoms with E-state index in [1.807, 2.05) is 12.2 Å². The first kappa shape index (κ1) is 53.3. The molecule has 0 aliphatic rings. The fourth-order valence-electron chi connectivity index (χ4n) is 7.34. The molecule has 0 aromatic heterocycles. The van der Waals surface area contributed by atoms with Gasteiger partial charge in [-0.05, 0) is 38.2 Å². The lowest BCUT2D eigenvalue weighted by Crippen LogP contribution is -2.46. The number of allylic oxidation sites excluding steroid dienone is 3. The number of carbonyl (C=O) groups excluding carboxylic acids is 2. The Morgan fingerprint density at radius 1 is 0.545 bits per heavy atom. The fourth-order valence-corrected chi connectivity index (χ4v) is 7.34. The Morgan fingerprint density at radius 3 is 1.42 bits per heavy atom. The van der Waals surface area contributed by atoms with Crippen LogP contribution in [0.15, 0.2) is 24.3 Å². The van der Waals surface area contributed by atoms with Crippen molar-refractivity contribution in [3.63, 3.8) is 0 Å². The predicted molar refractivity (Wildman–Crippen MR) is 236 cm³/mol. The molecule has 6 heteroatoms. The Hall–Kier alpha value is -1.66. The number of unbranched alkanes of at least 4 members (excludes halogenated alkanes) is 29. The van der Waals surface area contributed by atoms with E-state index < -0.39 is 18.2 Å². The van der Waals surface area contributed by atoms with E-state index in [0.29, 0.717) is 12.8 Å². The first-order chi connectivity index (χ1) is 27.0. The summed E-state index contributed by atoms with van der Waals surface area (Å²) in [5.74, 6) is -0.594. The molecule has 0 heterocycles. The number of carbonyl (C=O) groups is 2. The minimum Gasteiger partial charge on any atom is -0.458 e. The summed E-state index contributed by atoms with van der Waals surface area (Å²) in [6.45, 7) is 6.44. The average Bonchev–Trinajstić information content (AvgIpc) is 3.18. The summed E-state index contributed by atoms with van der Waals surface area (Å²) in [6, 6.07) is -0.726. The van der Waals surface area contributed by atoms with Gasteiger partial charge in [0.2, 0.25) is 5.91 Å². The highest BCUT2D eigenvalue weighted by atomic mass is 16.5. The van der Waals surface area contributed by atoms with E-state index in [1.165, 1.54) is 161 Å². The second-order valence-electron chi connectivity index (χ2n) is 16.5. The maximum absolute atomic E-state index is 13.1. The Bertz CT molecular complexity index is 873. The van der Waals surface area contributed by atoms with Crippen LogP contribution in [0.3, 0.4) is 0 Å². The highest BCUT2D eigenvalue weighted by Crippen LogP contribution is 2.16. The van der Waals surface area contributed by atoms with Gasteiger partial charge in [0.25, 0.3) is 0 Å². The van der Waals surface area contributed by atoms with Gasteiger partial charge in [-0.2, -0.15) is 0 Å². The fraction of sp³-hybridized carbons (Fsp3) is 0.878. The number of nitrogens with one attached hydrogen (secondary N) is 1. The van der Waals surface area contributed by atoms with Crippen molar-refractivity contribution >= 4 is 11.9 Å². The Labute approximate surface area is 341 Å². The van der Waals surface area contributed by atoms with E-state index in [0.717, 1.165) is 51.4 Å². The molecule has 0 aromatic carbocycles. The number of hydrogen-bond donors (Lipinski definition) is 3. The monoisotopic (exact) mass is 776 g/mol. The van der Waals surface area contributed by atoms with Crippen molar-refractivity contribution in [1.82, 2.24) is 5.32 Å². The molecule has 3 N–H and O–H groups in total. The molecule has 324 valence electrons. The van der Waals surface area contributed by atoms with Crippen molar-refractivity contribution in [2.75, 3.05) is 6.61 Å². The van der Waals surface area contributed by atoms with E-state index in [-0.39, 0.29) is 24.9 Å². The lowest BCUT2D eigenvalue weighted by molar-refractivity contribution is -0.148. The van der Waals surface area contributed by atoms with Crippen LogP contribution < -0.4 is 5.32 Å². The van der Waals surface area contributed by atoms with E-state index in [2.05, 4.69) is 38.2 Å². The number of aliphatic hydroxyl groups is 2. The Balaban J connectivity index is 4.59. The van der Waals surface area contributed by atoms with Gasteiger partial charge < -0.3 is 20.3 Å². The maximum Gasteiger partial charge on any atom is 0.306 e. The molecule has 0 fully saturated rings. The second-order valence-corrected chi connectivity index (χ2v) is 16.5. The second kappa shape index (κ2) is 43.5. The summed E-state index contributed by atoms with van der Waals surface area (Å²) < 4.78 is 5.80. The Morgan fingerprint density at radius 2 is 0.964 bits per heavy atom. The smallest absolute Gasteiger partial charge is 0.306 e. The summed E-state index contributed by atoms with van der Waals surface area (Å²) in [6.07, 6.45) is 48.4. The number of amides is 1. The van der Waals surface area contributed by atoms with Crippen LogP contribution in [0.1, 0.15) is 252 Å². The molecule has 0 aliphatic heterocycles. The third-order valence-corrected chi connectivity index (χ3v) is 11.0. The van der Waals surface area contributed by atoms with E-state index in [9.17, 15) is 19.8 Å².